The molecular weight excluding hydrogens is 374 g/mol. The van der Waals surface area contributed by atoms with Crippen molar-refractivity contribution >= 4 is 11.6 Å². The van der Waals surface area contributed by atoms with Crippen molar-refractivity contribution in [3.63, 3.8) is 0 Å². The second-order valence-corrected chi connectivity index (χ2v) is 6.06. The second-order valence-electron chi connectivity index (χ2n) is 6.06. The van der Waals surface area contributed by atoms with E-state index in [-0.39, 0.29) is 12.5 Å². The molecule has 1 amide bonds. The summed E-state index contributed by atoms with van der Waals surface area (Å²) in [5, 5.41) is 7.05. The maximum absolute atomic E-state index is 12.4. The van der Waals surface area contributed by atoms with Gasteiger partial charge in [0.05, 0.1) is 27.0 Å². The van der Waals surface area contributed by atoms with Gasteiger partial charge >= 0.3 is 0 Å². The van der Waals surface area contributed by atoms with Crippen LogP contribution in [0.1, 0.15) is 0 Å². The van der Waals surface area contributed by atoms with Crippen molar-refractivity contribution in [2.24, 2.45) is 0 Å². The highest BCUT2D eigenvalue weighted by atomic mass is 16.5. The Morgan fingerprint density at radius 1 is 0.966 bits per heavy atom. The molecule has 8 heteroatoms. The summed E-state index contributed by atoms with van der Waals surface area (Å²) in [6, 6.07) is 15.2. The first kappa shape index (κ1) is 19.9. The molecule has 3 rings (SSSR count). The minimum atomic E-state index is -0.392. The zero-order valence-electron chi connectivity index (χ0n) is 16.3. The van der Waals surface area contributed by atoms with Crippen LogP contribution in [-0.2, 0) is 11.3 Å². The highest BCUT2D eigenvalue weighted by Crippen LogP contribution is 2.31. The minimum absolute atomic E-state index is 0.240. The van der Waals surface area contributed by atoms with Crippen LogP contribution in [0.4, 0.5) is 5.69 Å². The number of hydrogen-bond donors (Lipinski definition) is 1. The molecule has 3 aromatic rings. The molecule has 0 aliphatic rings. The molecule has 0 spiro atoms. The molecule has 1 N–H and O–H groups in total. The molecular formula is C21H21N3O5. The first-order valence-corrected chi connectivity index (χ1v) is 8.78. The SMILES string of the molecule is COc1cccc(NC(=O)Cn2nc(-c3cc(OC)ccc3OC)ccc2=O)c1. The lowest BCUT2D eigenvalue weighted by Crippen LogP contribution is -2.29. The maximum Gasteiger partial charge on any atom is 0.267 e. The quantitative estimate of drug-likeness (QED) is 0.661. The van der Waals surface area contributed by atoms with Crippen molar-refractivity contribution in [2.45, 2.75) is 6.54 Å². The lowest BCUT2D eigenvalue weighted by atomic mass is 10.1. The zero-order valence-corrected chi connectivity index (χ0v) is 16.3. The van der Waals surface area contributed by atoms with E-state index in [2.05, 4.69) is 10.4 Å². The molecule has 1 aromatic heterocycles. The van der Waals surface area contributed by atoms with Crippen LogP contribution >= 0.6 is 0 Å². The van der Waals surface area contributed by atoms with Crippen LogP contribution in [0.3, 0.4) is 0 Å². The first-order valence-electron chi connectivity index (χ1n) is 8.78. The van der Waals surface area contributed by atoms with Gasteiger partial charge in [0.2, 0.25) is 5.91 Å². The number of ether oxygens (including phenoxy) is 3. The molecule has 0 saturated heterocycles. The molecule has 29 heavy (non-hydrogen) atoms. The number of rotatable bonds is 7. The van der Waals surface area contributed by atoms with E-state index in [1.807, 2.05) is 0 Å². The Bertz CT molecular complexity index is 1080. The Kier molecular flexibility index (Phi) is 6.13. The Labute approximate surface area is 167 Å². The van der Waals surface area contributed by atoms with Crippen LogP contribution < -0.4 is 25.1 Å². The van der Waals surface area contributed by atoms with E-state index in [0.717, 1.165) is 4.68 Å². The van der Waals surface area contributed by atoms with Crippen LogP contribution in [0.25, 0.3) is 11.3 Å². The standard InChI is InChI=1S/C21H21N3O5/c1-27-15-6-4-5-14(11-15)22-20(25)13-24-21(26)10-8-18(23-24)17-12-16(28-2)7-9-19(17)29-3/h4-12H,13H2,1-3H3,(H,22,25). The van der Waals surface area contributed by atoms with Gasteiger partial charge in [0, 0.05) is 23.4 Å². The van der Waals surface area contributed by atoms with Crippen LogP contribution in [0.15, 0.2) is 59.4 Å². The Morgan fingerprint density at radius 3 is 2.45 bits per heavy atom. The van der Waals surface area contributed by atoms with Gasteiger partial charge in [-0.3, -0.25) is 9.59 Å². The third-order valence-electron chi connectivity index (χ3n) is 4.20. The van der Waals surface area contributed by atoms with E-state index in [1.165, 1.54) is 6.07 Å². The average Bonchev–Trinajstić information content (AvgIpc) is 2.74. The van der Waals surface area contributed by atoms with Crippen molar-refractivity contribution in [1.29, 1.82) is 0 Å². The van der Waals surface area contributed by atoms with Gasteiger partial charge in [-0.1, -0.05) is 6.07 Å². The van der Waals surface area contributed by atoms with Crippen LogP contribution in [-0.4, -0.2) is 37.0 Å². The van der Waals surface area contributed by atoms with E-state index >= 15 is 0 Å². The predicted molar refractivity (Wildman–Crippen MR) is 109 cm³/mol. The lowest BCUT2D eigenvalue weighted by Gasteiger charge is -2.12. The van der Waals surface area contributed by atoms with E-state index < -0.39 is 5.56 Å². The van der Waals surface area contributed by atoms with E-state index in [9.17, 15) is 9.59 Å². The molecule has 1 heterocycles. The molecule has 150 valence electrons. The summed E-state index contributed by atoms with van der Waals surface area (Å²) in [4.78, 5) is 24.6. The number of anilines is 1. The first-order chi connectivity index (χ1) is 14.0. The van der Waals surface area contributed by atoms with Crippen molar-refractivity contribution in [2.75, 3.05) is 26.6 Å². The summed E-state index contributed by atoms with van der Waals surface area (Å²) in [6.07, 6.45) is 0. The van der Waals surface area contributed by atoms with Crippen LogP contribution in [0, 0.1) is 0 Å². The Balaban J connectivity index is 1.86. The van der Waals surface area contributed by atoms with Crippen LogP contribution in [0.2, 0.25) is 0 Å². The van der Waals surface area contributed by atoms with Gasteiger partial charge in [-0.05, 0) is 36.4 Å². The monoisotopic (exact) mass is 395 g/mol. The van der Waals surface area contributed by atoms with Crippen molar-refractivity contribution in [3.8, 4) is 28.5 Å². The number of carbonyl (C=O) groups excluding carboxylic acids is 1. The topological polar surface area (TPSA) is 91.7 Å². The lowest BCUT2D eigenvalue weighted by molar-refractivity contribution is -0.117. The molecule has 0 saturated carbocycles. The molecule has 0 bridgehead atoms. The number of methoxy groups -OCH3 is 3. The fourth-order valence-corrected chi connectivity index (χ4v) is 2.76. The van der Waals surface area contributed by atoms with Crippen LogP contribution in [0.5, 0.6) is 17.2 Å². The molecule has 0 aliphatic heterocycles. The third kappa shape index (κ3) is 4.73. The van der Waals surface area contributed by atoms with Gasteiger partial charge < -0.3 is 19.5 Å². The Morgan fingerprint density at radius 2 is 1.72 bits per heavy atom. The maximum atomic E-state index is 12.4. The highest BCUT2D eigenvalue weighted by Gasteiger charge is 2.13. The smallest absolute Gasteiger partial charge is 0.267 e. The second kappa shape index (κ2) is 8.92. The van der Waals surface area contributed by atoms with Crippen molar-refractivity contribution in [3.05, 3.63) is 65.0 Å². The van der Waals surface area contributed by atoms with Gasteiger partial charge in [0.15, 0.2) is 0 Å². The summed E-state index contributed by atoms with van der Waals surface area (Å²) in [5.41, 5.74) is 1.30. The van der Waals surface area contributed by atoms with E-state index in [0.29, 0.717) is 34.2 Å². The highest BCUT2D eigenvalue weighted by molar-refractivity contribution is 5.90. The minimum Gasteiger partial charge on any atom is -0.497 e. The van der Waals surface area contributed by atoms with Gasteiger partial charge in [-0.2, -0.15) is 5.10 Å². The summed E-state index contributed by atoms with van der Waals surface area (Å²) < 4.78 is 16.9. The number of carbonyl (C=O) groups is 1. The summed E-state index contributed by atoms with van der Waals surface area (Å²) in [6.45, 7) is -0.240. The normalized spacial score (nSPS) is 10.3. The summed E-state index contributed by atoms with van der Waals surface area (Å²) >= 11 is 0. The zero-order chi connectivity index (χ0) is 20.8. The van der Waals surface area contributed by atoms with E-state index in [4.69, 9.17) is 14.2 Å². The van der Waals surface area contributed by atoms with E-state index in [1.54, 1.807) is 69.9 Å². The molecule has 0 radical (unpaired) electrons. The van der Waals surface area contributed by atoms with Gasteiger partial charge in [0.1, 0.15) is 23.8 Å². The number of amides is 1. The van der Waals surface area contributed by atoms with Crippen molar-refractivity contribution in [1.82, 2.24) is 9.78 Å². The number of nitrogens with zero attached hydrogens (tertiary/aromatic N) is 2. The average molecular weight is 395 g/mol. The largest absolute Gasteiger partial charge is 0.497 e. The predicted octanol–water partition coefficient (Wildman–Crippen LogP) is 2.57. The van der Waals surface area contributed by atoms with Gasteiger partial charge in [-0.15, -0.1) is 0 Å². The molecule has 0 aliphatic carbocycles. The molecule has 0 atom stereocenters. The summed E-state index contributed by atoms with van der Waals surface area (Å²) in [7, 11) is 4.65. The fourth-order valence-electron chi connectivity index (χ4n) is 2.76. The molecule has 0 fully saturated rings. The Hall–Kier alpha value is -3.81. The molecule has 2 aromatic carbocycles. The van der Waals surface area contributed by atoms with Crippen molar-refractivity contribution < 1.29 is 19.0 Å². The fraction of sp³-hybridized carbons (Fsp3) is 0.190. The number of hydrogen-bond acceptors (Lipinski definition) is 6. The third-order valence-corrected chi connectivity index (χ3v) is 4.20. The number of benzene rings is 2. The number of nitrogens with one attached hydrogen (secondary N) is 1. The molecule has 8 nitrogen and oxygen atoms in total. The van der Waals surface area contributed by atoms with Gasteiger partial charge in [-0.25, -0.2) is 4.68 Å². The van der Waals surface area contributed by atoms with Gasteiger partial charge in [0.25, 0.3) is 5.56 Å². The summed E-state index contributed by atoms with van der Waals surface area (Å²) in [5.74, 6) is 1.42. The molecule has 0 unspecified atom stereocenters. The number of aromatic nitrogens is 2.